The van der Waals surface area contributed by atoms with Gasteiger partial charge in [-0.25, -0.2) is 0 Å². The van der Waals surface area contributed by atoms with Crippen LogP contribution in [-0.4, -0.2) is 17.9 Å². The van der Waals surface area contributed by atoms with Gasteiger partial charge in [0.1, 0.15) is 0 Å². The minimum Gasteiger partial charge on any atom is -0.316 e. The van der Waals surface area contributed by atoms with Crippen molar-refractivity contribution < 1.29 is 0 Å². The Morgan fingerprint density at radius 1 is 1.22 bits per heavy atom. The predicted molar refractivity (Wildman–Crippen MR) is 44.1 cm³/mol. The first-order valence-electron chi connectivity index (χ1n) is 3.74. The van der Waals surface area contributed by atoms with E-state index >= 15 is 0 Å². The molecular weight excluding hydrogens is 178 g/mol. The van der Waals surface area contributed by atoms with E-state index in [1.165, 1.54) is 32.2 Å². The molecule has 1 fully saturated rings. The Hall–Kier alpha value is 0.440. The van der Waals surface area contributed by atoms with Crippen molar-refractivity contribution in [2.75, 3.05) is 13.1 Å². The van der Waals surface area contributed by atoms with E-state index < -0.39 is 0 Å². The van der Waals surface area contributed by atoms with Gasteiger partial charge in [0.2, 0.25) is 0 Å². The van der Waals surface area contributed by atoms with E-state index in [1.54, 1.807) is 0 Å². The third-order valence-corrected chi connectivity index (χ3v) is 2.52. The van der Waals surface area contributed by atoms with Gasteiger partial charge in [-0.05, 0) is 19.4 Å². The van der Waals surface area contributed by atoms with Crippen molar-refractivity contribution in [3.8, 4) is 0 Å². The molecule has 1 N–H and O–H groups in total. The molecule has 0 amide bonds. The van der Waals surface area contributed by atoms with Crippen LogP contribution in [0.15, 0.2) is 0 Å². The normalized spacial score (nSPS) is 31.0. The lowest BCUT2D eigenvalue weighted by Gasteiger charge is -2.14. The first-order chi connectivity index (χ1) is 4.39. The monoisotopic (exact) mass is 191 g/mol. The predicted octanol–water partition coefficient (Wildman–Crippen LogP) is 1.91. The van der Waals surface area contributed by atoms with Gasteiger partial charge >= 0.3 is 0 Å². The van der Waals surface area contributed by atoms with Gasteiger partial charge in [-0.1, -0.05) is 28.8 Å². The van der Waals surface area contributed by atoms with Crippen LogP contribution in [0, 0.1) is 0 Å². The maximum Gasteiger partial charge on any atom is 0.0270 e. The Morgan fingerprint density at radius 2 is 2.11 bits per heavy atom. The van der Waals surface area contributed by atoms with Crippen LogP contribution in [0.1, 0.15) is 25.7 Å². The molecule has 0 aromatic heterocycles. The Morgan fingerprint density at radius 3 is 3.00 bits per heavy atom. The highest BCUT2D eigenvalue weighted by atomic mass is 79.9. The molecule has 0 saturated carbocycles. The van der Waals surface area contributed by atoms with Crippen LogP contribution in [0.4, 0.5) is 0 Å². The molecule has 0 aromatic rings. The molecule has 0 radical (unpaired) electrons. The fourth-order valence-corrected chi connectivity index (χ4v) is 1.71. The van der Waals surface area contributed by atoms with Crippen molar-refractivity contribution in [1.82, 2.24) is 5.32 Å². The van der Waals surface area contributed by atoms with E-state index in [0.29, 0.717) is 0 Å². The van der Waals surface area contributed by atoms with Gasteiger partial charge in [0, 0.05) is 11.4 Å². The second-order valence-electron chi connectivity index (χ2n) is 2.65. The molecule has 2 heteroatoms. The van der Waals surface area contributed by atoms with Gasteiger partial charge in [-0.15, -0.1) is 0 Å². The van der Waals surface area contributed by atoms with Crippen LogP contribution in [-0.2, 0) is 0 Å². The summed E-state index contributed by atoms with van der Waals surface area (Å²) in [5.41, 5.74) is 0. The molecule has 0 spiro atoms. The van der Waals surface area contributed by atoms with E-state index in [-0.39, 0.29) is 0 Å². The highest BCUT2D eigenvalue weighted by Crippen LogP contribution is 2.11. The summed E-state index contributed by atoms with van der Waals surface area (Å²) >= 11 is 3.61. The molecule has 1 unspecified atom stereocenters. The first kappa shape index (κ1) is 7.55. The quantitative estimate of drug-likeness (QED) is 0.578. The molecule has 1 nitrogen and oxygen atoms in total. The summed E-state index contributed by atoms with van der Waals surface area (Å²) < 4.78 is 0. The summed E-state index contributed by atoms with van der Waals surface area (Å²) in [4.78, 5) is 0.720. The van der Waals surface area contributed by atoms with Crippen LogP contribution in [0.3, 0.4) is 0 Å². The number of hydrogen-bond donors (Lipinski definition) is 1. The zero-order chi connectivity index (χ0) is 6.53. The molecule has 0 aromatic carbocycles. The van der Waals surface area contributed by atoms with Gasteiger partial charge in [0.25, 0.3) is 0 Å². The summed E-state index contributed by atoms with van der Waals surface area (Å²) in [6, 6.07) is 0. The SMILES string of the molecule is BrC1CCCCCNC1. The Bertz CT molecular complexity index is 67.3. The van der Waals surface area contributed by atoms with Crippen molar-refractivity contribution in [3.63, 3.8) is 0 Å². The van der Waals surface area contributed by atoms with Crippen molar-refractivity contribution in [3.05, 3.63) is 0 Å². The summed E-state index contributed by atoms with van der Waals surface area (Å²) in [6.45, 7) is 2.36. The third-order valence-electron chi connectivity index (χ3n) is 1.74. The minimum absolute atomic E-state index is 0.720. The topological polar surface area (TPSA) is 12.0 Å². The number of nitrogens with one attached hydrogen (secondary N) is 1. The maximum absolute atomic E-state index is 3.61. The molecule has 1 aliphatic rings. The van der Waals surface area contributed by atoms with Crippen molar-refractivity contribution in [1.29, 1.82) is 0 Å². The lowest BCUT2D eigenvalue weighted by molar-refractivity contribution is 0.528. The molecule has 9 heavy (non-hydrogen) atoms. The molecule has 1 saturated heterocycles. The number of hydrogen-bond acceptors (Lipinski definition) is 1. The number of halogens is 1. The Kier molecular flexibility index (Phi) is 3.59. The van der Waals surface area contributed by atoms with E-state index in [0.717, 1.165) is 11.4 Å². The van der Waals surface area contributed by atoms with Gasteiger partial charge in [0.15, 0.2) is 0 Å². The van der Waals surface area contributed by atoms with Crippen molar-refractivity contribution >= 4 is 15.9 Å². The molecule has 1 atom stereocenters. The molecule has 1 aliphatic heterocycles. The van der Waals surface area contributed by atoms with Crippen LogP contribution < -0.4 is 5.32 Å². The van der Waals surface area contributed by atoms with Crippen molar-refractivity contribution in [2.45, 2.75) is 30.5 Å². The van der Waals surface area contributed by atoms with Gasteiger partial charge < -0.3 is 5.32 Å². The summed E-state index contributed by atoms with van der Waals surface area (Å²) in [5, 5.41) is 3.39. The second-order valence-corrected chi connectivity index (χ2v) is 3.95. The van der Waals surface area contributed by atoms with E-state index in [4.69, 9.17) is 0 Å². The molecule has 0 aliphatic carbocycles. The van der Waals surface area contributed by atoms with Gasteiger partial charge in [-0.3, -0.25) is 0 Å². The third kappa shape index (κ3) is 3.21. The lowest BCUT2D eigenvalue weighted by Crippen LogP contribution is -2.25. The number of alkyl halides is 1. The van der Waals surface area contributed by atoms with E-state index in [9.17, 15) is 0 Å². The highest BCUT2D eigenvalue weighted by Gasteiger charge is 2.05. The Balaban J connectivity index is 2.12. The molecule has 54 valence electrons. The highest BCUT2D eigenvalue weighted by molar-refractivity contribution is 9.09. The summed E-state index contributed by atoms with van der Waals surface area (Å²) in [6.07, 6.45) is 5.50. The summed E-state index contributed by atoms with van der Waals surface area (Å²) in [5.74, 6) is 0. The van der Waals surface area contributed by atoms with E-state index in [1.807, 2.05) is 0 Å². The zero-order valence-electron chi connectivity index (χ0n) is 5.70. The van der Waals surface area contributed by atoms with Crippen LogP contribution in [0.25, 0.3) is 0 Å². The van der Waals surface area contributed by atoms with Crippen LogP contribution in [0.2, 0.25) is 0 Å². The largest absolute Gasteiger partial charge is 0.316 e. The average Bonchev–Trinajstić information content (AvgIpc) is 1.79. The van der Waals surface area contributed by atoms with Gasteiger partial charge in [-0.2, -0.15) is 0 Å². The molecular formula is C7H14BrN. The fraction of sp³-hybridized carbons (Fsp3) is 1.00. The molecule has 1 rings (SSSR count). The molecule has 1 heterocycles. The van der Waals surface area contributed by atoms with Crippen LogP contribution in [0.5, 0.6) is 0 Å². The van der Waals surface area contributed by atoms with Gasteiger partial charge in [0.05, 0.1) is 0 Å². The standard InChI is InChI=1S/C7H14BrN/c8-7-4-2-1-3-5-9-6-7/h7,9H,1-6H2. The zero-order valence-corrected chi connectivity index (χ0v) is 7.28. The summed E-state index contributed by atoms with van der Waals surface area (Å²) in [7, 11) is 0. The smallest absolute Gasteiger partial charge is 0.0270 e. The minimum atomic E-state index is 0.720. The second kappa shape index (κ2) is 4.29. The maximum atomic E-state index is 3.61. The number of rotatable bonds is 0. The fourth-order valence-electron chi connectivity index (χ4n) is 1.15. The van der Waals surface area contributed by atoms with E-state index in [2.05, 4.69) is 21.2 Å². The lowest BCUT2D eigenvalue weighted by atomic mass is 10.1. The van der Waals surface area contributed by atoms with Crippen molar-refractivity contribution in [2.24, 2.45) is 0 Å². The Labute approximate surface area is 65.3 Å². The van der Waals surface area contributed by atoms with Crippen LogP contribution >= 0.6 is 15.9 Å². The first-order valence-corrected chi connectivity index (χ1v) is 4.66. The average molecular weight is 192 g/mol. The molecule has 0 bridgehead atoms.